The Bertz CT molecular complexity index is 461. The number of rotatable bonds is 1. The molecule has 0 aromatic carbocycles. The van der Waals surface area contributed by atoms with Gasteiger partial charge in [-0.1, -0.05) is 0 Å². The van der Waals surface area contributed by atoms with Crippen LogP contribution in [0.3, 0.4) is 0 Å². The van der Waals surface area contributed by atoms with Gasteiger partial charge in [0.15, 0.2) is 0 Å². The molecular weight excluding hydrogens is 190 g/mol. The second-order valence-corrected chi connectivity index (χ2v) is 3.59. The molecule has 2 N–H and O–H groups in total. The standard InChI is InChI=1S/C10H13N5/c1-6-5-15(14-9(6)11)10-12-7(2)4-8(3)13-10/h4-5H,1-3H3,(H2,11,14). The molecule has 0 fully saturated rings. The summed E-state index contributed by atoms with van der Waals surface area (Å²) in [5, 5.41) is 4.13. The normalized spacial score (nSPS) is 10.6. The number of aryl methyl sites for hydroxylation is 3. The molecule has 2 aromatic rings. The summed E-state index contributed by atoms with van der Waals surface area (Å²) < 4.78 is 1.60. The van der Waals surface area contributed by atoms with Gasteiger partial charge in [0, 0.05) is 23.1 Å². The van der Waals surface area contributed by atoms with Gasteiger partial charge in [0.2, 0.25) is 0 Å². The number of hydrogen-bond acceptors (Lipinski definition) is 4. The molecule has 78 valence electrons. The molecule has 2 heterocycles. The fourth-order valence-corrected chi connectivity index (χ4v) is 1.39. The van der Waals surface area contributed by atoms with Crippen molar-refractivity contribution in [2.24, 2.45) is 0 Å². The van der Waals surface area contributed by atoms with Crippen LogP contribution in [0.5, 0.6) is 0 Å². The zero-order valence-corrected chi connectivity index (χ0v) is 9.02. The van der Waals surface area contributed by atoms with Crippen molar-refractivity contribution in [3.63, 3.8) is 0 Å². The Morgan fingerprint density at radius 3 is 2.20 bits per heavy atom. The predicted molar refractivity (Wildman–Crippen MR) is 57.8 cm³/mol. The van der Waals surface area contributed by atoms with Gasteiger partial charge in [-0.2, -0.15) is 0 Å². The van der Waals surface area contributed by atoms with Crippen LogP contribution in [0.25, 0.3) is 5.95 Å². The Morgan fingerprint density at radius 1 is 1.13 bits per heavy atom. The van der Waals surface area contributed by atoms with Gasteiger partial charge < -0.3 is 5.73 Å². The quantitative estimate of drug-likeness (QED) is 0.755. The molecule has 0 saturated carbocycles. The largest absolute Gasteiger partial charge is 0.382 e. The van der Waals surface area contributed by atoms with Gasteiger partial charge >= 0.3 is 0 Å². The summed E-state index contributed by atoms with van der Waals surface area (Å²) in [7, 11) is 0. The van der Waals surface area contributed by atoms with E-state index in [1.54, 1.807) is 4.68 Å². The van der Waals surface area contributed by atoms with E-state index in [0.29, 0.717) is 11.8 Å². The lowest BCUT2D eigenvalue weighted by atomic mass is 10.3. The summed E-state index contributed by atoms with van der Waals surface area (Å²) in [5.41, 5.74) is 8.44. The van der Waals surface area contributed by atoms with Crippen LogP contribution in [0.1, 0.15) is 17.0 Å². The molecule has 0 unspecified atom stereocenters. The average Bonchev–Trinajstić information content (AvgIpc) is 2.45. The highest BCUT2D eigenvalue weighted by Gasteiger charge is 2.06. The van der Waals surface area contributed by atoms with E-state index in [0.717, 1.165) is 17.0 Å². The highest BCUT2D eigenvalue weighted by atomic mass is 15.4. The topological polar surface area (TPSA) is 69.6 Å². The maximum Gasteiger partial charge on any atom is 0.251 e. The van der Waals surface area contributed by atoms with Crippen molar-refractivity contribution < 1.29 is 0 Å². The van der Waals surface area contributed by atoms with Gasteiger partial charge in [0.25, 0.3) is 5.95 Å². The van der Waals surface area contributed by atoms with E-state index in [9.17, 15) is 0 Å². The summed E-state index contributed by atoms with van der Waals surface area (Å²) in [6, 6.07) is 1.92. The van der Waals surface area contributed by atoms with Crippen LogP contribution in [-0.4, -0.2) is 19.7 Å². The summed E-state index contributed by atoms with van der Waals surface area (Å²) in [6.07, 6.45) is 1.82. The summed E-state index contributed by atoms with van der Waals surface area (Å²) in [6.45, 7) is 5.76. The van der Waals surface area contributed by atoms with Gasteiger partial charge in [-0.3, -0.25) is 0 Å². The molecule has 15 heavy (non-hydrogen) atoms. The number of anilines is 1. The Hall–Kier alpha value is -1.91. The second kappa shape index (κ2) is 3.34. The average molecular weight is 203 g/mol. The number of nitrogens with two attached hydrogens (primary N) is 1. The summed E-state index contributed by atoms with van der Waals surface area (Å²) in [5.74, 6) is 1.07. The third-order valence-electron chi connectivity index (χ3n) is 2.11. The molecule has 0 spiro atoms. The van der Waals surface area contributed by atoms with Gasteiger partial charge in [0.1, 0.15) is 5.82 Å². The van der Waals surface area contributed by atoms with E-state index in [1.165, 1.54) is 0 Å². The van der Waals surface area contributed by atoms with Crippen LogP contribution >= 0.6 is 0 Å². The van der Waals surface area contributed by atoms with Gasteiger partial charge in [-0.05, 0) is 26.8 Å². The molecule has 0 amide bonds. The van der Waals surface area contributed by atoms with Crippen LogP contribution in [0.2, 0.25) is 0 Å². The lowest BCUT2D eigenvalue weighted by Gasteiger charge is -2.01. The summed E-state index contributed by atoms with van der Waals surface area (Å²) in [4.78, 5) is 8.59. The Kier molecular flexibility index (Phi) is 2.15. The molecule has 5 heteroatoms. The lowest BCUT2D eigenvalue weighted by molar-refractivity contribution is 0.797. The van der Waals surface area contributed by atoms with Crippen molar-refractivity contribution in [1.82, 2.24) is 19.7 Å². The molecule has 0 atom stereocenters. The van der Waals surface area contributed by atoms with Crippen molar-refractivity contribution in [2.75, 3.05) is 5.73 Å². The molecule has 0 saturated heterocycles. The highest BCUT2D eigenvalue weighted by Crippen LogP contribution is 2.10. The number of aromatic nitrogens is 4. The Labute approximate surface area is 88.0 Å². The predicted octanol–water partition coefficient (Wildman–Crippen LogP) is 1.17. The Balaban J connectivity index is 2.53. The molecule has 0 aliphatic heterocycles. The minimum absolute atomic E-state index is 0.512. The van der Waals surface area contributed by atoms with Crippen molar-refractivity contribution in [3.8, 4) is 5.95 Å². The maximum atomic E-state index is 5.67. The molecule has 0 aliphatic rings. The second-order valence-electron chi connectivity index (χ2n) is 3.59. The molecule has 2 rings (SSSR count). The fourth-order valence-electron chi connectivity index (χ4n) is 1.39. The minimum atomic E-state index is 0.512. The van der Waals surface area contributed by atoms with Crippen molar-refractivity contribution in [2.45, 2.75) is 20.8 Å². The number of nitrogens with zero attached hydrogens (tertiary/aromatic N) is 4. The van der Waals surface area contributed by atoms with Crippen LogP contribution in [0.4, 0.5) is 5.82 Å². The molecule has 5 nitrogen and oxygen atoms in total. The number of hydrogen-bond donors (Lipinski definition) is 1. The van der Waals surface area contributed by atoms with Gasteiger partial charge in [-0.15, -0.1) is 5.10 Å². The van der Waals surface area contributed by atoms with Crippen molar-refractivity contribution in [1.29, 1.82) is 0 Å². The van der Waals surface area contributed by atoms with Crippen LogP contribution in [0, 0.1) is 20.8 Å². The maximum absolute atomic E-state index is 5.67. The third kappa shape index (κ3) is 1.81. The zero-order chi connectivity index (χ0) is 11.0. The van der Waals surface area contributed by atoms with E-state index in [4.69, 9.17) is 5.73 Å². The van der Waals surface area contributed by atoms with E-state index < -0.39 is 0 Å². The first kappa shape index (κ1) is 9.64. The van der Waals surface area contributed by atoms with Crippen LogP contribution < -0.4 is 5.73 Å². The molecule has 2 aromatic heterocycles. The number of nitrogen functional groups attached to an aromatic ring is 1. The van der Waals surface area contributed by atoms with Gasteiger partial charge in [-0.25, -0.2) is 14.6 Å². The zero-order valence-electron chi connectivity index (χ0n) is 9.02. The monoisotopic (exact) mass is 203 g/mol. The third-order valence-corrected chi connectivity index (χ3v) is 2.11. The molecule has 0 radical (unpaired) electrons. The first-order chi connectivity index (χ1) is 7.06. The van der Waals surface area contributed by atoms with Crippen LogP contribution in [0.15, 0.2) is 12.3 Å². The molecule has 0 aliphatic carbocycles. The van der Waals surface area contributed by atoms with E-state index >= 15 is 0 Å². The van der Waals surface area contributed by atoms with E-state index in [2.05, 4.69) is 15.1 Å². The van der Waals surface area contributed by atoms with E-state index in [1.807, 2.05) is 33.0 Å². The van der Waals surface area contributed by atoms with E-state index in [-0.39, 0.29) is 0 Å². The SMILES string of the molecule is Cc1cc(C)nc(-n2cc(C)c(N)n2)n1. The minimum Gasteiger partial charge on any atom is -0.382 e. The first-order valence-electron chi connectivity index (χ1n) is 4.70. The fraction of sp³-hybridized carbons (Fsp3) is 0.300. The molecule has 0 bridgehead atoms. The highest BCUT2D eigenvalue weighted by molar-refractivity contribution is 5.37. The van der Waals surface area contributed by atoms with Crippen LogP contribution in [-0.2, 0) is 0 Å². The first-order valence-corrected chi connectivity index (χ1v) is 4.70. The smallest absolute Gasteiger partial charge is 0.251 e. The van der Waals surface area contributed by atoms with Gasteiger partial charge in [0.05, 0.1) is 0 Å². The summed E-state index contributed by atoms with van der Waals surface area (Å²) >= 11 is 0. The van der Waals surface area contributed by atoms with Crippen molar-refractivity contribution >= 4 is 5.82 Å². The lowest BCUT2D eigenvalue weighted by Crippen LogP contribution is -2.04. The molecular formula is C10H13N5. The Morgan fingerprint density at radius 2 is 1.73 bits per heavy atom. The van der Waals surface area contributed by atoms with Crippen molar-refractivity contribution in [3.05, 3.63) is 29.2 Å².